The zero-order valence-electron chi connectivity index (χ0n) is 32.3. The van der Waals surface area contributed by atoms with Gasteiger partial charge in [-0.3, -0.25) is 4.79 Å². The number of piperazine rings is 1. The summed E-state index contributed by atoms with van der Waals surface area (Å²) in [6.45, 7) is 16.2. The molecule has 1 atom stereocenters. The Morgan fingerprint density at radius 3 is 2.31 bits per heavy atom. The van der Waals surface area contributed by atoms with Gasteiger partial charge in [0, 0.05) is 59.7 Å². The van der Waals surface area contributed by atoms with Crippen LogP contribution in [0.15, 0.2) is 67.0 Å². The van der Waals surface area contributed by atoms with Crippen LogP contribution in [0.5, 0.6) is 11.5 Å². The van der Waals surface area contributed by atoms with Crippen molar-refractivity contribution in [3.63, 3.8) is 0 Å². The average molecular weight is 762 g/mol. The second-order valence-corrected chi connectivity index (χ2v) is 21.4. The maximum Gasteiger partial charge on any atom is 0.410 e. The van der Waals surface area contributed by atoms with Crippen LogP contribution in [0, 0.1) is 12.7 Å². The maximum absolute atomic E-state index is 15.7. The first-order valence-corrected chi connectivity index (χ1v) is 22.0. The number of nitrogens with zero attached hydrogens (tertiary/aromatic N) is 4. The molecule has 2 aromatic carbocycles. The molecule has 1 saturated heterocycles. The smallest absolute Gasteiger partial charge is 0.410 e. The normalized spacial score (nSPS) is 14.1. The largest absolute Gasteiger partial charge is 0.453 e. The lowest BCUT2D eigenvalue weighted by atomic mass is 10.0. The summed E-state index contributed by atoms with van der Waals surface area (Å²) in [5.41, 5.74) is 2.14. The van der Waals surface area contributed by atoms with Crippen molar-refractivity contribution in [2.45, 2.75) is 84.8 Å². The predicted molar refractivity (Wildman–Crippen MR) is 207 cm³/mol. The van der Waals surface area contributed by atoms with E-state index in [4.69, 9.17) is 18.9 Å². The molecule has 0 aliphatic carbocycles. The third-order valence-electron chi connectivity index (χ3n) is 8.84. The van der Waals surface area contributed by atoms with Crippen LogP contribution in [0.3, 0.4) is 0 Å². The zero-order chi connectivity index (χ0) is 39.0. The van der Waals surface area contributed by atoms with Gasteiger partial charge in [0.15, 0.2) is 11.6 Å². The fourth-order valence-electron chi connectivity index (χ4n) is 6.00. The molecule has 5 rings (SSSR count). The van der Waals surface area contributed by atoms with Gasteiger partial charge in [-0.2, -0.15) is 0 Å². The molecule has 0 unspecified atom stereocenters. The summed E-state index contributed by atoms with van der Waals surface area (Å²) in [5, 5.41) is 3.45. The minimum absolute atomic E-state index is 0.00281. The van der Waals surface area contributed by atoms with Crippen LogP contribution < -0.4 is 10.1 Å². The summed E-state index contributed by atoms with van der Waals surface area (Å²) in [4.78, 5) is 47.1. The number of benzene rings is 2. The van der Waals surface area contributed by atoms with Gasteiger partial charge in [-0.05, 0) is 68.6 Å². The SMILES string of the molecule is Cc1cn(COCC[Si](C)(C)C)c2nccc(Oc3ccc(C[C@H](NC(=O)OC(C)(C)C)C(=O)N4CCN(C(=O)OCc5ccccc5)CC4)cc3F)c12. The first kappa shape index (κ1) is 40.2. The number of pyridine rings is 1. The Hall–Kier alpha value is -4.95. The number of carbonyl (C=O) groups excluding carboxylic acids is 3. The van der Waals surface area contributed by atoms with Crippen LogP contribution in [0.1, 0.15) is 37.5 Å². The number of ether oxygens (including phenoxy) is 4. The number of rotatable bonds is 13. The molecule has 3 heterocycles. The van der Waals surface area contributed by atoms with Gasteiger partial charge < -0.3 is 38.6 Å². The van der Waals surface area contributed by atoms with E-state index in [9.17, 15) is 14.4 Å². The van der Waals surface area contributed by atoms with Crippen molar-refractivity contribution in [1.29, 1.82) is 0 Å². The van der Waals surface area contributed by atoms with Crippen LogP contribution in [-0.4, -0.2) is 89.9 Å². The van der Waals surface area contributed by atoms with Crippen molar-refractivity contribution >= 4 is 37.2 Å². The Labute approximate surface area is 317 Å². The number of amides is 3. The maximum atomic E-state index is 15.7. The Morgan fingerprint density at radius 2 is 1.65 bits per heavy atom. The highest BCUT2D eigenvalue weighted by molar-refractivity contribution is 6.76. The van der Waals surface area contributed by atoms with E-state index < -0.39 is 37.7 Å². The summed E-state index contributed by atoms with van der Waals surface area (Å²) in [7, 11) is -1.23. The van der Waals surface area contributed by atoms with Gasteiger partial charge in [-0.25, -0.2) is 19.0 Å². The van der Waals surface area contributed by atoms with E-state index in [0.717, 1.165) is 22.6 Å². The molecule has 12 nitrogen and oxygen atoms in total. The molecule has 0 spiro atoms. The molecule has 0 bridgehead atoms. The van der Waals surface area contributed by atoms with Crippen LogP contribution in [0.25, 0.3) is 11.0 Å². The van der Waals surface area contributed by atoms with E-state index in [1.165, 1.54) is 12.1 Å². The fraction of sp³-hybridized carbons (Fsp3) is 0.450. The Bertz CT molecular complexity index is 1920. The van der Waals surface area contributed by atoms with Crippen LogP contribution in [0.4, 0.5) is 14.0 Å². The third kappa shape index (κ3) is 11.3. The van der Waals surface area contributed by atoms with Gasteiger partial charge >= 0.3 is 12.2 Å². The standard InChI is InChI=1S/C40H52FN5O7Si/c1-28-25-46(27-50-21-22-54(5,6)7)36-35(28)34(15-16-42-36)52-33-14-13-30(23-31(33)41)24-32(43-38(48)53-40(2,3)4)37(47)44-17-19-45(20-18-44)39(49)51-26-29-11-9-8-10-12-29/h8-16,23,25,32H,17-22,24,26-27H2,1-7H3,(H,43,48)/t32-/m0/s1. The van der Waals surface area contributed by atoms with E-state index in [-0.39, 0.29) is 50.9 Å². The van der Waals surface area contributed by atoms with Gasteiger partial charge in [-0.15, -0.1) is 0 Å². The third-order valence-corrected chi connectivity index (χ3v) is 10.5. The molecule has 1 N–H and O–H groups in total. The average Bonchev–Trinajstić information content (AvgIpc) is 3.44. The number of halogens is 1. The predicted octanol–water partition coefficient (Wildman–Crippen LogP) is 7.51. The molecule has 4 aromatic rings. The number of aromatic nitrogens is 2. The lowest BCUT2D eigenvalue weighted by molar-refractivity contribution is -0.135. The monoisotopic (exact) mass is 761 g/mol. The van der Waals surface area contributed by atoms with Crippen LogP contribution in [0.2, 0.25) is 25.7 Å². The molecule has 1 fully saturated rings. The highest BCUT2D eigenvalue weighted by Crippen LogP contribution is 2.34. The van der Waals surface area contributed by atoms with Crippen molar-refractivity contribution < 1.29 is 37.7 Å². The number of nitrogens with one attached hydrogen (secondary N) is 1. The number of fused-ring (bicyclic) bond motifs is 1. The van der Waals surface area contributed by atoms with Crippen LogP contribution in [-0.2, 0) is 38.8 Å². The molecular weight excluding hydrogens is 710 g/mol. The molecular formula is C40H52FN5O7Si. The second kappa shape index (κ2) is 17.5. The van der Waals surface area contributed by atoms with E-state index >= 15 is 4.39 Å². The first-order chi connectivity index (χ1) is 25.6. The summed E-state index contributed by atoms with van der Waals surface area (Å²) in [5.74, 6) is -0.548. The van der Waals surface area contributed by atoms with E-state index in [0.29, 0.717) is 30.3 Å². The fourth-order valence-corrected chi connectivity index (χ4v) is 6.76. The highest BCUT2D eigenvalue weighted by atomic mass is 28.3. The van der Waals surface area contributed by atoms with Gasteiger partial charge in [0.25, 0.3) is 0 Å². The minimum Gasteiger partial charge on any atom is -0.453 e. The van der Waals surface area contributed by atoms with Gasteiger partial charge in [-0.1, -0.05) is 56.0 Å². The summed E-state index contributed by atoms with van der Waals surface area (Å²) in [6.07, 6.45) is 2.33. The number of alkyl carbamates (subject to hydrolysis) is 1. The quantitative estimate of drug-likeness (QED) is 0.110. The Balaban J connectivity index is 1.25. The Kier molecular flexibility index (Phi) is 13.0. The van der Waals surface area contributed by atoms with Crippen molar-refractivity contribution in [1.82, 2.24) is 24.7 Å². The van der Waals surface area contributed by atoms with Crippen molar-refractivity contribution in [3.05, 3.63) is 89.5 Å². The molecule has 0 radical (unpaired) electrons. The summed E-state index contributed by atoms with van der Waals surface area (Å²) >= 11 is 0. The molecule has 0 saturated carbocycles. The Morgan fingerprint density at radius 1 is 0.944 bits per heavy atom. The number of hydrogen-bond donors (Lipinski definition) is 1. The van der Waals surface area contributed by atoms with Gasteiger partial charge in [0.1, 0.15) is 36.4 Å². The molecule has 14 heteroatoms. The first-order valence-electron chi connectivity index (χ1n) is 18.3. The van der Waals surface area contributed by atoms with Crippen molar-refractivity contribution in [2.75, 3.05) is 32.8 Å². The van der Waals surface area contributed by atoms with E-state index in [1.807, 2.05) is 48.0 Å². The topological polar surface area (TPSA) is 124 Å². The van der Waals surface area contributed by atoms with Gasteiger partial charge in [0.2, 0.25) is 5.91 Å². The molecule has 290 valence electrons. The van der Waals surface area contributed by atoms with Gasteiger partial charge in [0.05, 0.1) is 5.39 Å². The van der Waals surface area contributed by atoms with E-state index in [2.05, 4.69) is 29.9 Å². The van der Waals surface area contributed by atoms with Crippen molar-refractivity contribution in [2.24, 2.45) is 0 Å². The number of hydrogen-bond acceptors (Lipinski definition) is 8. The highest BCUT2D eigenvalue weighted by Gasteiger charge is 2.32. The zero-order valence-corrected chi connectivity index (χ0v) is 33.3. The van der Waals surface area contributed by atoms with Crippen LogP contribution >= 0.6 is 0 Å². The number of carbonyl (C=O) groups is 3. The van der Waals surface area contributed by atoms with Crippen molar-refractivity contribution in [3.8, 4) is 11.5 Å². The molecule has 54 heavy (non-hydrogen) atoms. The lowest BCUT2D eigenvalue weighted by Gasteiger charge is -2.36. The molecule has 3 amide bonds. The minimum atomic E-state index is -1.23. The number of aryl methyl sites for hydroxylation is 1. The second-order valence-electron chi connectivity index (χ2n) is 15.8. The summed E-state index contributed by atoms with van der Waals surface area (Å²) in [6, 6.07) is 15.6. The molecule has 1 aliphatic rings. The lowest BCUT2D eigenvalue weighted by Crippen LogP contribution is -2.56. The molecule has 2 aromatic heterocycles. The van der Waals surface area contributed by atoms with E-state index in [1.54, 1.807) is 48.9 Å². The molecule has 1 aliphatic heterocycles. The summed E-state index contributed by atoms with van der Waals surface area (Å²) < 4.78 is 40.6.